The Kier molecular flexibility index (Phi) is 6.00. The van der Waals surface area contributed by atoms with Crippen LogP contribution in [0.4, 0.5) is 0 Å². The van der Waals surface area contributed by atoms with Gasteiger partial charge < -0.3 is 5.32 Å². The number of sulfonamides is 1. The molecule has 2 aromatic rings. The third-order valence-corrected chi connectivity index (χ3v) is 6.91. The number of thioether (sulfide) groups is 1. The molecule has 1 aliphatic heterocycles. The zero-order valence-electron chi connectivity index (χ0n) is 14.6. The molecule has 0 aliphatic carbocycles. The van der Waals surface area contributed by atoms with E-state index in [2.05, 4.69) is 10.4 Å². The molecule has 9 heteroatoms. The summed E-state index contributed by atoms with van der Waals surface area (Å²) in [5.74, 6) is 1.09. The van der Waals surface area contributed by atoms with Gasteiger partial charge in [0.25, 0.3) is 15.9 Å². The molecule has 0 bridgehead atoms. The first-order valence-corrected chi connectivity index (χ1v) is 11.0. The molecule has 1 aromatic heterocycles. The van der Waals surface area contributed by atoms with Crippen LogP contribution < -0.4 is 5.32 Å². The molecule has 7 nitrogen and oxygen atoms in total. The summed E-state index contributed by atoms with van der Waals surface area (Å²) in [5.41, 5.74) is 1.21. The van der Waals surface area contributed by atoms with Gasteiger partial charge >= 0.3 is 0 Å². The maximum atomic E-state index is 12.9. The maximum absolute atomic E-state index is 12.9. The van der Waals surface area contributed by atoms with Gasteiger partial charge in [-0.2, -0.15) is 21.2 Å². The van der Waals surface area contributed by atoms with Crippen LogP contribution in [0, 0.1) is 0 Å². The van der Waals surface area contributed by atoms with Crippen LogP contribution in [0.5, 0.6) is 0 Å². The number of hydrogen-bond donors (Lipinski definition) is 1. The van der Waals surface area contributed by atoms with Crippen molar-refractivity contribution < 1.29 is 13.2 Å². The summed E-state index contributed by atoms with van der Waals surface area (Å²) >= 11 is 1.72. The van der Waals surface area contributed by atoms with Crippen LogP contribution in [0.25, 0.3) is 0 Å². The Bertz CT molecular complexity index is 859. The van der Waals surface area contributed by atoms with Crippen molar-refractivity contribution in [2.24, 2.45) is 7.05 Å². The van der Waals surface area contributed by atoms with E-state index in [0.717, 1.165) is 17.1 Å². The molecule has 1 aromatic carbocycles. The van der Waals surface area contributed by atoms with Crippen molar-refractivity contribution >= 4 is 27.7 Å². The summed E-state index contributed by atoms with van der Waals surface area (Å²) in [4.78, 5) is 12.5. The van der Waals surface area contributed by atoms with Crippen LogP contribution in [0.2, 0.25) is 0 Å². The number of nitrogens with one attached hydrogen (secondary N) is 1. The summed E-state index contributed by atoms with van der Waals surface area (Å²) < 4.78 is 28.5. The molecule has 2 heterocycles. The first-order chi connectivity index (χ1) is 12.5. The number of benzene rings is 1. The number of nitrogens with zero attached hydrogens (tertiary/aromatic N) is 3. The van der Waals surface area contributed by atoms with Gasteiger partial charge in [-0.1, -0.05) is 30.3 Å². The molecule has 1 N–H and O–H groups in total. The van der Waals surface area contributed by atoms with Crippen molar-refractivity contribution in [3.8, 4) is 0 Å². The number of amides is 1. The number of rotatable bonds is 6. The van der Waals surface area contributed by atoms with Gasteiger partial charge in [-0.15, -0.1) is 0 Å². The molecular formula is C17H22N4O3S2. The molecule has 0 atom stereocenters. The van der Waals surface area contributed by atoms with Crippen LogP contribution in [0.15, 0.2) is 41.6 Å². The predicted molar refractivity (Wildman–Crippen MR) is 102 cm³/mol. The highest BCUT2D eigenvalue weighted by Crippen LogP contribution is 2.22. The van der Waals surface area contributed by atoms with E-state index >= 15 is 0 Å². The summed E-state index contributed by atoms with van der Waals surface area (Å²) in [6, 6.07) is 9.80. The second kappa shape index (κ2) is 8.24. The van der Waals surface area contributed by atoms with E-state index in [4.69, 9.17) is 0 Å². The standard InChI is InChI=1S/C17H22N4O3S2/c1-20-13-15(16(22)18-8-7-14-5-3-2-4-6-14)17(19-20)26(23,24)21-9-11-25-12-10-21/h2-6,13H,7-12H2,1H3,(H,18,22). The van der Waals surface area contributed by atoms with E-state index in [1.807, 2.05) is 30.3 Å². The van der Waals surface area contributed by atoms with Gasteiger partial charge in [0.1, 0.15) is 0 Å². The van der Waals surface area contributed by atoms with Crippen LogP contribution in [-0.2, 0) is 23.5 Å². The predicted octanol–water partition coefficient (Wildman–Crippen LogP) is 1.13. The quantitative estimate of drug-likeness (QED) is 0.794. The number of carbonyl (C=O) groups excluding carboxylic acids is 1. The Morgan fingerprint density at radius 3 is 2.62 bits per heavy atom. The molecule has 0 radical (unpaired) electrons. The highest BCUT2D eigenvalue weighted by molar-refractivity contribution is 7.99. The summed E-state index contributed by atoms with van der Waals surface area (Å²) in [7, 11) is -2.15. The monoisotopic (exact) mass is 394 g/mol. The summed E-state index contributed by atoms with van der Waals surface area (Å²) in [6.45, 7) is 1.31. The van der Waals surface area contributed by atoms with Gasteiger partial charge in [-0.05, 0) is 12.0 Å². The summed E-state index contributed by atoms with van der Waals surface area (Å²) in [6.07, 6.45) is 2.14. The fraction of sp³-hybridized carbons (Fsp3) is 0.412. The van der Waals surface area contributed by atoms with E-state index in [-0.39, 0.29) is 10.6 Å². The Labute approximate surface area is 157 Å². The third-order valence-electron chi connectivity index (χ3n) is 4.14. The molecule has 0 spiro atoms. The van der Waals surface area contributed by atoms with Crippen molar-refractivity contribution in [3.05, 3.63) is 47.7 Å². The molecule has 1 saturated heterocycles. The van der Waals surface area contributed by atoms with Crippen LogP contribution in [0.1, 0.15) is 15.9 Å². The van der Waals surface area contributed by atoms with Crippen LogP contribution in [0.3, 0.4) is 0 Å². The average Bonchev–Trinajstić information content (AvgIpc) is 3.06. The smallest absolute Gasteiger partial charge is 0.263 e. The molecular weight excluding hydrogens is 372 g/mol. The zero-order chi connectivity index (χ0) is 18.6. The fourth-order valence-electron chi connectivity index (χ4n) is 2.78. The highest BCUT2D eigenvalue weighted by Gasteiger charge is 2.33. The lowest BCUT2D eigenvalue weighted by molar-refractivity contribution is 0.0950. The van der Waals surface area contributed by atoms with E-state index in [9.17, 15) is 13.2 Å². The second-order valence-electron chi connectivity index (χ2n) is 6.03. The minimum absolute atomic E-state index is 0.0961. The number of aromatic nitrogens is 2. The van der Waals surface area contributed by atoms with Crippen molar-refractivity contribution in [1.29, 1.82) is 0 Å². The van der Waals surface area contributed by atoms with E-state index in [1.54, 1.807) is 18.8 Å². The Hall–Kier alpha value is -1.84. The SMILES string of the molecule is Cn1cc(C(=O)NCCc2ccccc2)c(S(=O)(=O)N2CCSCC2)n1. The third kappa shape index (κ3) is 4.28. The minimum atomic E-state index is -3.77. The second-order valence-corrected chi connectivity index (χ2v) is 9.11. The number of aryl methyl sites for hydroxylation is 1. The van der Waals surface area contributed by atoms with Crippen molar-refractivity contribution in [1.82, 2.24) is 19.4 Å². The first-order valence-electron chi connectivity index (χ1n) is 8.42. The van der Waals surface area contributed by atoms with E-state index < -0.39 is 15.9 Å². The fourth-order valence-corrected chi connectivity index (χ4v) is 5.48. The molecule has 26 heavy (non-hydrogen) atoms. The number of hydrogen-bond acceptors (Lipinski definition) is 5. The highest BCUT2D eigenvalue weighted by atomic mass is 32.2. The average molecular weight is 395 g/mol. The van der Waals surface area contributed by atoms with Crippen molar-refractivity contribution in [2.75, 3.05) is 31.1 Å². The van der Waals surface area contributed by atoms with E-state index in [1.165, 1.54) is 15.2 Å². The Morgan fingerprint density at radius 1 is 1.23 bits per heavy atom. The van der Waals surface area contributed by atoms with Gasteiger partial charge in [0.2, 0.25) is 5.03 Å². The Morgan fingerprint density at radius 2 is 1.92 bits per heavy atom. The van der Waals surface area contributed by atoms with Gasteiger partial charge in [-0.3, -0.25) is 9.48 Å². The molecule has 0 unspecified atom stereocenters. The van der Waals surface area contributed by atoms with Crippen molar-refractivity contribution in [3.63, 3.8) is 0 Å². The number of carbonyl (C=O) groups is 1. The van der Waals surface area contributed by atoms with Crippen LogP contribution >= 0.6 is 11.8 Å². The van der Waals surface area contributed by atoms with Gasteiger partial charge in [0, 0.05) is 44.4 Å². The maximum Gasteiger partial charge on any atom is 0.263 e. The van der Waals surface area contributed by atoms with Crippen molar-refractivity contribution in [2.45, 2.75) is 11.4 Å². The van der Waals surface area contributed by atoms with Gasteiger partial charge in [-0.25, -0.2) is 8.42 Å². The lowest BCUT2D eigenvalue weighted by Crippen LogP contribution is -2.39. The topological polar surface area (TPSA) is 84.3 Å². The molecule has 1 amide bonds. The van der Waals surface area contributed by atoms with Crippen LogP contribution in [-0.4, -0.2) is 59.6 Å². The lowest BCUT2D eigenvalue weighted by Gasteiger charge is -2.24. The van der Waals surface area contributed by atoms with E-state index in [0.29, 0.717) is 26.1 Å². The summed E-state index contributed by atoms with van der Waals surface area (Å²) in [5, 5.41) is 6.70. The molecule has 0 saturated carbocycles. The molecule has 1 aliphatic rings. The Balaban J connectivity index is 1.72. The van der Waals surface area contributed by atoms with Gasteiger partial charge in [0.05, 0.1) is 5.56 Å². The largest absolute Gasteiger partial charge is 0.352 e. The lowest BCUT2D eigenvalue weighted by atomic mass is 10.1. The first kappa shape index (κ1) is 18.9. The zero-order valence-corrected chi connectivity index (χ0v) is 16.2. The molecule has 3 rings (SSSR count). The molecule has 140 valence electrons. The van der Waals surface area contributed by atoms with Gasteiger partial charge in [0.15, 0.2) is 0 Å². The minimum Gasteiger partial charge on any atom is -0.352 e. The molecule has 1 fully saturated rings. The normalized spacial score (nSPS) is 15.7.